The highest BCUT2D eigenvalue weighted by Gasteiger charge is 2.35. The molecular formula is C21H28ClNOS. The van der Waals surface area contributed by atoms with Gasteiger partial charge in [0.15, 0.2) is 0 Å². The third-order valence-electron chi connectivity index (χ3n) is 5.10. The van der Waals surface area contributed by atoms with Crippen molar-refractivity contribution in [1.82, 2.24) is 5.32 Å². The van der Waals surface area contributed by atoms with Crippen molar-refractivity contribution in [1.29, 1.82) is 0 Å². The van der Waals surface area contributed by atoms with Gasteiger partial charge < -0.3 is 5.11 Å². The third kappa shape index (κ3) is 4.52. The molecule has 136 valence electrons. The third-order valence-corrected chi connectivity index (χ3v) is 6.48. The van der Waals surface area contributed by atoms with Gasteiger partial charge in [-0.1, -0.05) is 57.0 Å². The van der Waals surface area contributed by atoms with E-state index in [2.05, 4.69) is 43.4 Å². The molecule has 1 heterocycles. The first-order valence-electron chi connectivity index (χ1n) is 8.96. The van der Waals surface area contributed by atoms with Crippen LogP contribution >= 0.6 is 24.2 Å². The molecule has 0 aromatic heterocycles. The van der Waals surface area contributed by atoms with Gasteiger partial charge in [-0.15, -0.1) is 24.2 Å². The maximum Gasteiger partial charge on any atom is 0.115 e. The van der Waals surface area contributed by atoms with E-state index in [-0.39, 0.29) is 24.0 Å². The summed E-state index contributed by atoms with van der Waals surface area (Å²) >= 11 is 1.98. The minimum Gasteiger partial charge on any atom is -0.508 e. The van der Waals surface area contributed by atoms with Crippen LogP contribution in [0.25, 0.3) is 0 Å². The number of thioether (sulfide) groups is 1. The molecule has 2 unspecified atom stereocenters. The molecule has 1 aliphatic heterocycles. The fourth-order valence-electron chi connectivity index (χ4n) is 3.46. The number of rotatable bonds is 5. The Kier molecular flexibility index (Phi) is 7.24. The number of hydrogen-bond donors (Lipinski definition) is 2. The molecule has 4 heteroatoms. The normalized spacial score (nSPS) is 22.6. The smallest absolute Gasteiger partial charge is 0.115 e. The second kappa shape index (κ2) is 8.98. The quantitative estimate of drug-likeness (QED) is 0.676. The van der Waals surface area contributed by atoms with E-state index in [0.717, 1.165) is 12.2 Å². The monoisotopic (exact) mass is 377 g/mol. The number of unbranched alkanes of at least 4 members (excludes halogenated alkanes) is 1. The van der Waals surface area contributed by atoms with Crippen molar-refractivity contribution in [2.75, 3.05) is 5.75 Å². The molecule has 0 bridgehead atoms. The average Bonchev–Trinajstić information content (AvgIpc) is 2.79. The molecule has 0 amide bonds. The van der Waals surface area contributed by atoms with Crippen LogP contribution < -0.4 is 5.32 Å². The summed E-state index contributed by atoms with van der Waals surface area (Å²) in [4.78, 5) is 1.37. The number of nitrogens with one attached hydrogen (secondary N) is 1. The lowest BCUT2D eigenvalue weighted by Gasteiger charge is -2.36. The second-order valence-electron chi connectivity index (χ2n) is 6.73. The Labute approximate surface area is 161 Å². The fraction of sp³-hybridized carbons (Fsp3) is 0.429. The minimum absolute atomic E-state index is 0. The first-order valence-corrected chi connectivity index (χ1v) is 9.94. The van der Waals surface area contributed by atoms with Gasteiger partial charge in [0, 0.05) is 16.2 Å². The molecule has 0 saturated carbocycles. The number of benzene rings is 2. The van der Waals surface area contributed by atoms with Gasteiger partial charge in [-0.05, 0) is 42.2 Å². The lowest BCUT2D eigenvalue weighted by Crippen LogP contribution is -2.48. The number of aromatic hydroxyl groups is 1. The van der Waals surface area contributed by atoms with Gasteiger partial charge in [-0.2, -0.15) is 0 Å². The molecule has 2 nitrogen and oxygen atoms in total. The topological polar surface area (TPSA) is 32.3 Å². The van der Waals surface area contributed by atoms with Gasteiger partial charge in [-0.3, -0.25) is 5.32 Å². The van der Waals surface area contributed by atoms with Crippen molar-refractivity contribution in [2.45, 2.75) is 56.0 Å². The highest BCUT2D eigenvalue weighted by atomic mass is 35.5. The van der Waals surface area contributed by atoms with E-state index in [9.17, 15) is 5.11 Å². The Morgan fingerprint density at radius 1 is 1.12 bits per heavy atom. The van der Waals surface area contributed by atoms with E-state index in [1.165, 1.54) is 35.3 Å². The van der Waals surface area contributed by atoms with Crippen LogP contribution in [0.1, 0.15) is 56.7 Å². The number of phenols is 1. The largest absolute Gasteiger partial charge is 0.508 e. The SMILES string of the molecule is CCCCC1(CC)CSc2ccccc2C(c2ccc(O)cc2)N1.Cl. The van der Waals surface area contributed by atoms with Crippen LogP contribution in [0.15, 0.2) is 53.4 Å². The van der Waals surface area contributed by atoms with Gasteiger partial charge in [0.2, 0.25) is 0 Å². The number of phenolic OH excluding ortho intramolecular Hbond substituents is 1. The maximum absolute atomic E-state index is 9.65. The number of hydrogen-bond acceptors (Lipinski definition) is 3. The molecule has 2 aromatic carbocycles. The Hall–Kier alpha value is -1.16. The Bertz CT molecular complexity index is 676. The first-order chi connectivity index (χ1) is 11.7. The highest BCUT2D eigenvalue weighted by Crippen LogP contribution is 2.40. The maximum atomic E-state index is 9.65. The Morgan fingerprint density at radius 2 is 1.84 bits per heavy atom. The molecule has 0 spiro atoms. The first kappa shape index (κ1) is 20.2. The zero-order valence-electron chi connectivity index (χ0n) is 15.0. The summed E-state index contributed by atoms with van der Waals surface area (Å²) < 4.78 is 0. The lowest BCUT2D eigenvalue weighted by atomic mass is 9.88. The zero-order valence-corrected chi connectivity index (χ0v) is 16.6. The van der Waals surface area contributed by atoms with Crippen LogP contribution in [0.2, 0.25) is 0 Å². The van der Waals surface area contributed by atoms with Gasteiger partial charge in [-0.25, -0.2) is 0 Å². The Morgan fingerprint density at radius 3 is 2.52 bits per heavy atom. The summed E-state index contributed by atoms with van der Waals surface area (Å²) in [7, 11) is 0. The lowest BCUT2D eigenvalue weighted by molar-refractivity contribution is 0.298. The molecule has 3 rings (SSSR count). The van der Waals surface area contributed by atoms with E-state index in [1.54, 1.807) is 12.1 Å². The van der Waals surface area contributed by atoms with Crippen LogP contribution in [0.4, 0.5) is 0 Å². The number of halogens is 1. The fourth-order valence-corrected chi connectivity index (χ4v) is 4.85. The van der Waals surface area contributed by atoms with Crippen molar-refractivity contribution in [3.05, 3.63) is 59.7 Å². The van der Waals surface area contributed by atoms with E-state index in [0.29, 0.717) is 5.75 Å². The summed E-state index contributed by atoms with van der Waals surface area (Å²) in [5.74, 6) is 1.43. The van der Waals surface area contributed by atoms with E-state index >= 15 is 0 Å². The van der Waals surface area contributed by atoms with E-state index in [4.69, 9.17) is 0 Å². The predicted octanol–water partition coefficient (Wildman–Crippen LogP) is 5.94. The Balaban J connectivity index is 0.00000225. The second-order valence-corrected chi connectivity index (χ2v) is 7.75. The molecule has 2 atom stereocenters. The van der Waals surface area contributed by atoms with Crippen LogP contribution in [0.3, 0.4) is 0 Å². The molecule has 2 N–H and O–H groups in total. The van der Waals surface area contributed by atoms with Crippen LogP contribution in [-0.2, 0) is 0 Å². The van der Waals surface area contributed by atoms with Gasteiger partial charge in [0.25, 0.3) is 0 Å². The van der Waals surface area contributed by atoms with E-state index in [1.807, 2.05) is 23.9 Å². The van der Waals surface area contributed by atoms with Crippen molar-refractivity contribution in [2.24, 2.45) is 0 Å². The van der Waals surface area contributed by atoms with Crippen LogP contribution in [0.5, 0.6) is 5.75 Å². The molecule has 0 radical (unpaired) electrons. The van der Waals surface area contributed by atoms with Crippen LogP contribution in [0, 0.1) is 0 Å². The number of fused-ring (bicyclic) bond motifs is 1. The minimum atomic E-state index is 0. The molecule has 25 heavy (non-hydrogen) atoms. The summed E-state index contributed by atoms with van der Waals surface area (Å²) in [6, 6.07) is 16.6. The molecule has 0 aliphatic carbocycles. The van der Waals surface area contributed by atoms with Crippen molar-refractivity contribution in [3.63, 3.8) is 0 Å². The van der Waals surface area contributed by atoms with Gasteiger partial charge >= 0.3 is 0 Å². The predicted molar refractivity (Wildman–Crippen MR) is 110 cm³/mol. The zero-order chi connectivity index (χ0) is 17.0. The summed E-state index contributed by atoms with van der Waals surface area (Å²) in [5.41, 5.74) is 2.72. The average molecular weight is 378 g/mol. The summed E-state index contributed by atoms with van der Waals surface area (Å²) in [6.07, 6.45) is 4.81. The highest BCUT2D eigenvalue weighted by molar-refractivity contribution is 7.99. The van der Waals surface area contributed by atoms with Crippen LogP contribution in [-0.4, -0.2) is 16.4 Å². The summed E-state index contributed by atoms with van der Waals surface area (Å²) in [5, 5.41) is 13.6. The van der Waals surface area contributed by atoms with Gasteiger partial charge in [0.05, 0.1) is 6.04 Å². The van der Waals surface area contributed by atoms with Gasteiger partial charge in [0.1, 0.15) is 5.75 Å². The summed E-state index contributed by atoms with van der Waals surface area (Å²) in [6.45, 7) is 4.56. The molecule has 0 saturated heterocycles. The van der Waals surface area contributed by atoms with E-state index < -0.39 is 0 Å². The van der Waals surface area contributed by atoms with Crippen molar-refractivity contribution < 1.29 is 5.11 Å². The molecule has 1 aliphatic rings. The van der Waals surface area contributed by atoms with Crippen molar-refractivity contribution >= 4 is 24.2 Å². The van der Waals surface area contributed by atoms with Crippen molar-refractivity contribution in [3.8, 4) is 5.75 Å². The molecule has 0 fully saturated rings. The molecular weight excluding hydrogens is 350 g/mol. The molecule has 2 aromatic rings. The standard InChI is InChI=1S/C21H27NOS.ClH/c1-3-5-14-21(4-2)15-24-19-9-7-6-8-18(19)20(22-21)16-10-12-17(23)13-11-16;/h6-13,20,22-23H,3-5,14-15H2,1-2H3;1H.